The quantitative estimate of drug-likeness (QED) is 0.593. The van der Waals surface area contributed by atoms with E-state index in [1.54, 1.807) is 11.3 Å². The summed E-state index contributed by atoms with van der Waals surface area (Å²) in [6, 6.07) is 12.1. The third kappa shape index (κ3) is 4.38. The van der Waals surface area contributed by atoms with Crippen molar-refractivity contribution in [2.24, 2.45) is 0 Å². The molecule has 126 valence electrons. The van der Waals surface area contributed by atoms with Crippen molar-refractivity contribution < 1.29 is 9.69 Å². The third-order valence-electron chi connectivity index (χ3n) is 3.96. The van der Waals surface area contributed by atoms with Crippen molar-refractivity contribution in [2.75, 3.05) is 20.1 Å². The number of thiophene rings is 1. The van der Waals surface area contributed by atoms with Gasteiger partial charge in [0, 0.05) is 23.6 Å². The van der Waals surface area contributed by atoms with E-state index in [4.69, 9.17) is 11.6 Å². The summed E-state index contributed by atoms with van der Waals surface area (Å²) in [5.41, 5.74) is 2.37. The summed E-state index contributed by atoms with van der Waals surface area (Å²) in [5.74, 6) is 0.0787. The number of benzene rings is 1. The Morgan fingerprint density at radius 3 is 2.92 bits per heavy atom. The zero-order valence-corrected chi connectivity index (χ0v) is 15.1. The van der Waals surface area contributed by atoms with Gasteiger partial charge in [0.15, 0.2) is 6.54 Å². The largest absolute Gasteiger partial charge is 0.361 e. The zero-order chi connectivity index (χ0) is 16.9. The van der Waals surface area contributed by atoms with E-state index in [0.29, 0.717) is 13.1 Å². The highest BCUT2D eigenvalue weighted by Crippen LogP contribution is 2.20. The fourth-order valence-electron chi connectivity index (χ4n) is 2.82. The number of hydrogen-bond donors (Lipinski definition) is 3. The first kappa shape index (κ1) is 17.0. The van der Waals surface area contributed by atoms with E-state index < -0.39 is 0 Å². The Bertz CT molecular complexity index is 826. The number of aromatic amines is 1. The number of hydrogen-bond acceptors (Lipinski definition) is 2. The molecule has 0 spiro atoms. The van der Waals surface area contributed by atoms with Crippen LogP contribution < -0.4 is 10.2 Å². The van der Waals surface area contributed by atoms with Crippen molar-refractivity contribution in [3.8, 4) is 0 Å². The molecule has 0 fully saturated rings. The second kappa shape index (κ2) is 7.83. The van der Waals surface area contributed by atoms with E-state index in [1.165, 1.54) is 15.8 Å². The predicted molar refractivity (Wildman–Crippen MR) is 99.8 cm³/mol. The Morgan fingerprint density at radius 1 is 1.29 bits per heavy atom. The number of halogens is 1. The second-order valence-corrected chi connectivity index (χ2v) is 7.78. The van der Waals surface area contributed by atoms with Crippen LogP contribution in [-0.2, 0) is 17.8 Å². The molecule has 4 nitrogen and oxygen atoms in total. The summed E-state index contributed by atoms with van der Waals surface area (Å²) in [6.07, 6.45) is 2.85. The maximum atomic E-state index is 12.1. The number of H-pyrrole nitrogens is 1. The molecule has 1 unspecified atom stereocenters. The molecule has 3 N–H and O–H groups in total. The highest BCUT2D eigenvalue weighted by atomic mass is 35.5. The summed E-state index contributed by atoms with van der Waals surface area (Å²) in [6.45, 7) is 1.93. The number of rotatable bonds is 7. The third-order valence-corrected chi connectivity index (χ3v) is 5.19. The molecule has 0 aliphatic carbocycles. The van der Waals surface area contributed by atoms with Gasteiger partial charge < -0.3 is 15.2 Å². The number of para-hydroxylation sites is 1. The first-order chi connectivity index (χ1) is 11.6. The normalized spacial score (nSPS) is 12.4. The molecule has 0 radical (unpaired) electrons. The van der Waals surface area contributed by atoms with Gasteiger partial charge >= 0.3 is 0 Å². The molecule has 2 aromatic heterocycles. The van der Waals surface area contributed by atoms with Gasteiger partial charge in [-0.3, -0.25) is 4.79 Å². The van der Waals surface area contributed by atoms with Crippen molar-refractivity contribution in [2.45, 2.75) is 13.0 Å². The first-order valence-electron chi connectivity index (χ1n) is 7.99. The van der Waals surface area contributed by atoms with Crippen LogP contribution in [0.15, 0.2) is 42.6 Å². The lowest BCUT2D eigenvalue weighted by Gasteiger charge is -2.12. The molecule has 1 atom stereocenters. The van der Waals surface area contributed by atoms with Crippen LogP contribution in [0.4, 0.5) is 0 Å². The maximum Gasteiger partial charge on any atom is 0.275 e. The van der Waals surface area contributed by atoms with Crippen molar-refractivity contribution in [3.05, 3.63) is 57.4 Å². The van der Waals surface area contributed by atoms with E-state index >= 15 is 0 Å². The Labute approximate surface area is 150 Å². The number of carbonyl (C=O) groups is 1. The van der Waals surface area contributed by atoms with Gasteiger partial charge in [0.2, 0.25) is 0 Å². The number of carbonyl (C=O) groups excluding carboxylic acids is 1. The van der Waals surface area contributed by atoms with Crippen LogP contribution in [0.3, 0.4) is 0 Å². The number of amides is 1. The summed E-state index contributed by atoms with van der Waals surface area (Å²) < 4.78 is 0.793. The SMILES string of the molecule is C[NH+](CC(=O)NCCc1c[nH]c2ccccc12)Cc1ccc(Cl)s1. The lowest BCUT2D eigenvalue weighted by atomic mass is 10.1. The predicted octanol–water partition coefficient (Wildman–Crippen LogP) is 2.26. The van der Waals surface area contributed by atoms with Crippen LogP contribution in [-0.4, -0.2) is 31.0 Å². The smallest absolute Gasteiger partial charge is 0.275 e. The summed E-state index contributed by atoms with van der Waals surface area (Å²) in [5, 5.41) is 4.24. The Hall–Kier alpha value is -1.82. The molecular formula is C18H21ClN3OS+. The van der Waals surface area contributed by atoms with Gasteiger partial charge in [-0.1, -0.05) is 29.8 Å². The number of nitrogens with one attached hydrogen (secondary N) is 3. The molecule has 0 aliphatic heterocycles. The van der Waals surface area contributed by atoms with Gasteiger partial charge in [-0.25, -0.2) is 0 Å². The topological polar surface area (TPSA) is 49.3 Å². The van der Waals surface area contributed by atoms with E-state index in [9.17, 15) is 4.79 Å². The van der Waals surface area contributed by atoms with Gasteiger partial charge in [0.25, 0.3) is 5.91 Å². The van der Waals surface area contributed by atoms with E-state index in [2.05, 4.69) is 22.4 Å². The molecule has 1 aromatic carbocycles. The Balaban J connectivity index is 1.44. The van der Waals surface area contributed by atoms with Crippen LogP contribution in [0.1, 0.15) is 10.4 Å². The van der Waals surface area contributed by atoms with Crippen molar-refractivity contribution in [1.29, 1.82) is 0 Å². The standard InChI is InChI=1S/C18H20ClN3OS/c1-22(11-14-6-7-17(19)24-14)12-18(23)20-9-8-13-10-21-16-5-3-2-4-15(13)16/h2-7,10,21H,8-9,11-12H2,1H3,(H,20,23)/p+1. The minimum absolute atomic E-state index is 0.0787. The molecule has 0 saturated carbocycles. The minimum Gasteiger partial charge on any atom is -0.361 e. The summed E-state index contributed by atoms with van der Waals surface area (Å²) >= 11 is 7.51. The van der Waals surface area contributed by atoms with Crippen LogP contribution in [0, 0.1) is 0 Å². The van der Waals surface area contributed by atoms with Crippen molar-refractivity contribution in [3.63, 3.8) is 0 Å². The lowest BCUT2D eigenvalue weighted by Crippen LogP contribution is -3.08. The van der Waals surface area contributed by atoms with E-state index in [-0.39, 0.29) is 5.91 Å². The molecule has 6 heteroatoms. The van der Waals surface area contributed by atoms with Crippen LogP contribution in [0.5, 0.6) is 0 Å². The number of fused-ring (bicyclic) bond motifs is 1. The molecule has 0 aliphatic rings. The molecule has 0 saturated heterocycles. The average Bonchev–Trinajstić information content (AvgIpc) is 3.14. The fraction of sp³-hybridized carbons (Fsp3) is 0.278. The Kier molecular flexibility index (Phi) is 5.56. The van der Waals surface area contributed by atoms with E-state index in [0.717, 1.165) is 27.7 Å². The summed E-state index contributed by atoms with van der Waals surface area (Å²) in [7, 11) is 2.02. The monoisotopic (exact) mass is 362 g/mol. The van der Waals surface area contributed by atoms with Gasteiger partial charge in [0.1, 0.15) is 6.54 Å². The minimum atomic E-state index is 0.0787. The number of likely N-dealkylation sites (N-methyl/N-ethyl adjacent to an activating group) is 1. The second-order valence-electron chi connectivity index (χ2n) is 5.98. The molecule has 24 heavy (non-hydrogen) atoms. The molecule has 2 heterocycles. The zero-order valence-electron chi connectivity index (χ0n) is 13.6. The molecule has 3 aromatic rings. The first-order valence-corrected chi connectivity index (χ1v) is 9.18. The molecule has 3 rings (SSSR count). The van der Waals surface area contributed by atoms with Crippen molar-refractivity contribution in [1.82, 2.24) is 10.3 Å². The number of quaternary nitrogens is 1. The highest BCUT2D eigenvalue weighted by Gasteiger charge is 2.12. The fourth-order valence-corrected chi connectivity index (χ4v) is 4.02. The molecular weight excluding hydrogens is 342 g/mol. The van der Waals surface area contributed by atoms with Crippen molar-refractivity contribution >= 4 is 39.7 Å². The van der Waals surface area contributed by atoms with Gasteiger partial charge in [-0.05, 0) is 30.2 Å². The van der Waals surface area contributed by atoms with E-state index in [1.807, 2.05) is 37.5 Å². The van der Waals surface area contributed by atoms with Gasteiger partial charge in [-0.2, -0.15) is 0 Å². The maximum absolute atomic E-state index is 12.1. The Morgan fingerprint density at radius 2 is 2.12 bits per heavy atom. The van der Waals surface area contributed by atoms with Crippen LogP contribution in [0.2, 0.25) is 4.34 Å². The van der Waals surface area contributed by atoms with Crippen LogP contribution >= 0.6 is 22.9 Å². The summed E-state index contributed by atoms with van der Waals surface area (Å²) in [4.78, 5) is 17.7. The lowest BCUT2D eigenvalue weighted by molar-refractivity contribution is -0.885. The molecule has 0 bridgehead atoms. The number of aromatic nitrogens is 1. The highest BCUT2D eigenvalue weighted by molar-refractivity contribution is 7.16. The van der Waals surface area contributed by atoms with Gasteiger partial charge in [-0.15, -0.1) is 11.3 Å². The van der Waals surface area contributed by atoms with Gasteiger partial charge in [0.05, 0.1) is 16.3 Å². The molecule has 1 amide bonds. The van der Waals surface area contributed by atoms with Crippen LogP contribution in [0.25, 0.3) is 10.9 Å². The average molecular weight is 363 g/mol.